The molecule has 148 valence electrons. The Morgan fingerprint density at radius 3 is 2.52 bits per heavy atom. The molecule has 0 amide bonds. The second kappa shape index (κ2) is 6.88. The van der Waals surface area contributed by atoms with Gasteiger partial charge < -0.3 is 9.29 Å². The molecule has 1 saturated heterocycles. The molecule has 1 aliphatic heterocycles. The van der Waals surface area contributed by atoms with E-state index < -0.39 is 11.4 Å². The highest BCUT2D eigenvalue weighted by Gasteiger charge is 2.39. The molecule has 2 atom stereocenters. The summed E-state index contributed by atoms with van der Waals surface area (Å²) in [6.07, 6.45) is 0. The molecule has 6 nitrogen and oxygen atoms in total. The van der Waals surface area contributed by atoms with Crippen LogP contribution in [0, 0.1) is 6.92 Å². The molecule has 0 aliphatic carbocycles. The lowest BCUT2D eigenvalue weighted by molar-refractivity contribution is -0.0559. The van der Waals surface area contributed by atoms with Gasteiger partial charge in [-0.3, -0.25) is 9.36 Å². The number of hydrogen-bond donors (Lipinski definition) is 1. The van der Waals surface area contributed by atoms with Crippen LogP contribution >= 0.6 is 0 Å². The Labute approximate surface area is 163 Å². The molecule has 3 rings (SSSR count). The molecular formula is C20H29N3O3S. The van der Waals surface area contributed by atoms with Gasteiger partial charge in [0.05, 0.1) is 35.6 Å². The van der Waals surface area contributed by atoms with E-state index in [9.17, 15) is 9.35 Å². The highest BCUT2D eigenvalue weighted by molar-refractivity contribution is 7.90. The number of benzene rings is 1. The Bertz CT molecular complexity index is 929. The lowest BCUT2D eigenvalue weighted by atomic mass is 9.87. The summed E-state index contributed by atoms with van der Waals surface area (Å²) in [6.45, 7) is 12.9. The molecule has 0 radical (unpaired) electrons. The largest absolute Gasteiger partial charge is 0.598 e. The third-order valence-electron chi connectivity index (χ3n) is 5.04. The predicted molar refractivity (Wildman–Crippen MR) is 109 cm³/mol. The standard InChI is InChI=1S/C20H29N3O3S/c1-12-8-14(13(2)22-27(25)19(3,4)5)16-15(9-12)17(24)23(7)18(21-16)20(6)10-26-11-20/h8-9,13,22H,10-11H2,1-7H3/t13?,27-/m1/s1. The molecule has 0 saturated carbocycles. The van der Waals surface area contributed by atoms with Crippen molar-refractivity contribution in [1.29, 1.82) is 0 Å². The lowest BCUT2D eigenvalue weighted by Gasteiger charge is -2.38. The topological polar surface area (TPSA) is 79.2 Å². The number of aromatic nitrogens is 2. The monoisotopic (exact) mass is 391 g/mol. The van der Waals surface area contributed by atoms with Gasteiger partial charge in [0.15, 0.2) is 0 Å². The van der Waals surface area contributed by atoms with Crippen molar-refractivity contribution in [2.75, 3.05) is 13.2 Å². The number of nitrogens with zero attached hydrogens (tertiary/aromatic N) is 2. The van der Waals surface area contributed by atoms with Gasteiger partial charge in [0.25, 0.3) is 5.56 Å². The van der Waals surface area contributed by atoms with Gasteiger partial charge >= 0.3 is 0 Å². The molecule has 1 aromatic carbocycles. The fraction of sp³-hybridized carbons (Fsp3) is 0.600. The average molecular weight is 392 g/mol. The van der Waals surface area contributed by atoms with Crippen molar-refractivity contribution in [2.24, 2.45) is 7.05 Å². The van der Waals surface area contributed by atoms with Gasteiger partial charge in [-0.25, -0.2) is 4.98 Å². The van der Waals surface area contributed by atoms with E-state index in [2.05, 4.69) is 11.6 Å². The minimum atomic E-state index is -1.22. The first-order valence-electron chi connectivity index (χ1n) is 9.21. The Morgan fingerprint density at radius 1 is 1.37 bits per heavy atom. The highest BCUT2D eigenvalue weighted by Crippen LogP contribution is 2.32. The second-order valence-electron chi connectivity index (χ2n) is 8.82. The highest BCUT2D eigenvalue weighted by atomic mass is 32.2. The van der Waals surface area contributed by atoms with E-state index in [-0.39, 0.29) is 21.8 Å². The van der Waals surface area contributed by atoms with Crippen LogP contribution in [0.5, 0.6) is 0 Å². The molecule has 1 unspecified atom stereocenters. The van der Waals surface area contributed by atoms with E-state index in [4.69, 9.17) is 9.72 Å². The fourth-order valence-corrected chi connectivity index (χ4v) is 4.16. The number of hydrogen-bond acceptors (Lipinski definition) is 5. The van der Waals surface area contributed by atoms with Gasteiger partial charge in [0.2, 0.25) is 0 Å². The molecular weight excluding hydrogens is 362 g/mol. The molecule has 0 spiro atoms. The molecule has 7 heteroatoms. The minimum absolute atomic E-state index is 0.0581. The molecule has 2 aromatic rings. The molecule has 1 aromatic heterocycles. The summed E-state index contributed by atoms with van der Waals surface area (Å²) in [5.41, 5.74) is 2.24. The third-order valence-corrected chi connectivity index (χ3v) is 6.72. The van der Waals surface area contributed by atoms with Crippen LogP contribution < -0.4 is 10.3 Å². The van der Waals surface area contributed by atoms with Gasteiger partial charge in [-0.05, 0) is 53.2 Å². The van der Waals surface area contributed by atoms with E-state index in [0.717, 1.165) is 17.0 Å². The summed E-state index contributed by atoms with van der Waals surface area (Å²) in [7, 11) is 1.77. The van der Waals surface area contributed by atoms with Gasteiger partial charge in [-0.2, -0.15) is 0 Å². The van der Waals surface area contributed by atoms with Crippen molar-refractivity contribution in [3.63, 3.8) is 0 Å². The Hall–Kier alpha value is -1.41. The summed E-state index contributed by atoms with van der Waals surface area (Å²) < 4.78 is 22.4. The van der Waals surface area contributed by atoms with Crippen LogP contribution in [0.15, 0.2) is 16.9 Å². The van der Waals surface area contributed by atoms with Gasteiger partial charge in [-0.15, -0.1) is 4.72 Å². The number of aryl methyl sites for hydroxylation is 1. The van der Waals surface area contributed by atoms with E-state index in [0.29, 0.717) is 24.1 Å². The number of ether oxygens (including phenoxy) is 1. The average Bonchev–Trinajstić information content (AvgIpc) is 2.54. The van der Waals surface area contributed by atoms with Crippen LogP contribution in [0.25, 0.3) is 10.9 Å². The first-order valence-corrected chi connectivity index (χ1v) is 10.4. The zero-order valence-corrected chi connectivity index (χ0v) is 18.0. The lowest BCUT2D eigenvalue weighted by Crippen LogP contribution is -2.48. The van der Waals surface area contributed by atoms with E-state index in [1.165, 1.54) is 0 Å². The molecule has 0 bridgehead atoms. The molecule has 1 aliphatic rings. The smallest absolute Gasteiger partial charge is 0.261 e. The maximum Gasteiger partial charge on any atom is 0.261 e. The van der Waals surface area contributed by atoms with Gasteiger partial charge in [0, 0.05) is 24.0 Å². The minimum Gasteiger partial charge on any atom is -0.598 e. The number of rotatable bonds is 4. The van der Waals surface area contributed by atoms with Crippen LogP contribution in [0.1, 0.15) is 57.6 Å². The van der Waals surface area contributed by atoms with Crippen molar-refractivity contribution >= 4 is 22.3 Å². The van der Waals surface area contributed by atoms with Gasteiger partial charge in [-0.1, -0.05) is 6.07 Å². The summed E-state index contributed by atoms with van der Waals surface area (Å²) in [5, 5.41) is 0.593. The van der Waals surface area contributed by atoms with Crippen LogP contribution in [0.2, 0.25) is 0 Å². The van der Waals surface area contributed by atoms with Crippen LogP contribution in [-0.2, 0) is 28.6 Å². The molecule has 27 heavy (non-hydrogen) atoms. The quantitative estimate of drug-likeness (QED) is 0.811. The van der Waals surface area contributed by atoms with E-state index in [1.807, 2.05) is 46.8 Å². The summed E-state index contributed by atoms with van der Waals surface area (Å²) in [6, 6.07) is 3.70. The van der Waals surface area contributed by atoms with Gasteiger partial charge in [0.1, 0.15) is 10.6 Å². The maximum absolute atomic E-state index is 13.0. The SMILES string of the molecule is Cc1cc(C(C)N[S@+]([O-])C(C)(C)C)c2nc(C3(C)COC3)n(C)c(=O)c2c1. The molecule has 2 heterocycles. The van der Waals surface area contributed by atoms with Crippen molar-refractivity contribution in [2.45, 2.75) is 57.7 Å². The zero-order valence-electron chi connectivity index (χ0n) is 17.2. The van der Waals surface area contributed by atoms with Crippen molar-refractivity contribution in [3.8, 4) is 0 Å². The molecule has 1 fully saturated rings. The van der Waals surface area contributed by atoms with E-state index in [1.54, 1.807) is 11.6 Å². The Kier molecular flexibility index (Phi) is 5.18. The number of fused-ring (bicyclic) bond motifs is 1. The second-order valence-corrected chi connectivity index (χ2v) is 10.8. The fourth-order valence-electron chi connectivity index (χ4n) is 3.36. The normalized spacial score (nSPS) is 19.0. The Morgan fingerprint density at radius 2 is 2.00 bits per heavy atom. The van der Waals surface area contributed by atoms with Crippen LogP contribution in [0.3, 0.4) is 0 Å². The first-order chi connectivity index (χ1) is 12.4. The van der Waals surface area contributed by atoms with Crippen molar-refractivity contribution < 1.29 is 9.29 Å². The molecule has 1 N–H and O–H groups in total. The predicted octanol–water partition coefficient (Wildman–Crippen LogP) is 2.64. The zero-order chi connectivity index (χ0) is 20.1. The summed E-state index contributed by atoms with van der Waals surface area (Å²) in [4.78, 5) is 18.0. The summed E-state index contributed by atoms with van der Waals surface area (Å²) in [5.74, 6) is 0.737. The summed E-state index contributed by atoms with van der Waals surface area (Å²) >= 11 is -1.22. The van der Waals surface area contributed by atoms with Crippen LogP contribution in [0.4, 0.5) is 0 Å². The number of nitrogens with one attached hydrogen (secondary N) is 1. The maximum atomic E-state index is 13.0. The third kappa shape index (κ3) is 3.66. The Balaban J connectivity index is 2.16. The van der Waals surface area contributed by atoms with E-state index >= 15 is 0 Å². The van der Waals surface area contributed by atoms with Crippen molar-refractivity contribution in [3.05, 3.63) is 39.4 Å². The van der Waals surface area contributed by atoms with Crippen molar-refractivity contribution in [1.82, 2.24) is 14.3 Å². The first kappa shape index (κ1) is 20.3. The van der Waals surface area contributed by atoms with Crippen LogP contribution in [-0.4, -0.2) is 32.1 Å².